The number of hydrogen-bond acceptors (Lipinski definition) is 3. The average Bonchev–Trinajstić information content (AvgIpc) is 3.44. The predicted molar refractivity (Wildman–Crippen MR) is 212 cm³/mol. The standard InChI is InChI=1S/C48H33N3/c1-48(2)41-19-10-9-18-39(41)40-27-24-31-21-20-30-22-23-36-28-35(25-26-38(36)42(30)43(31)44(40)48)34-16-11-17-37(29-34)47-50-45(32-12-5-3-6-13-32)49-46(51-47)33-14-7-4-8-15-33/h3-29H,1-2H3. The minimum atomic E-state index is -0.0992. The van der Waals surface area contributed by atoms with Crippen LogP contribution in [0.4, 0.5) is 0 Å². The second-order valence-corrected chi connectivity index (χ2v) is 14.0. The topological polar surface area (TPSA) is 38.7 Å². The summed E-state index contributed by atoms with van der Waals surface area (Å²) in [6.07, 6.45) is 0. The highest BCUT2D eigenvalue weighted by Crippen LogP contribution is 2.53. The lowest BCUT2D eigenvalue weighted by Crippen LogP contribution is -2.15. The van der Waals surface area contributed by atoms with E-state index >= 15 is 0 Å². The molecule has 3 heteroatoms. The molecule has 1 heterocycles. The molecule has 0 aliphatic heterocycles. The maximum atomic E-state index is 4.98. The Kier molecular flexibility index (Phi) is 6.53. The van der Waals surface area contributed by atoms with Gasteiger partial charge in [-0.3, -0.25) is 0 Å². The summed E-state index contributed by atoms with van der Waals surface area (Å²) in [5, 5.41) is 7.74. The van der Waals surface area contributed by atoms with E-state index < -0.39 is 0 Å². The van der Waals surface area contributed by atoms with Gasteiger partial charge in [0.05, 0.1) is 0 Å². The molecule has 9 aromatic rings. The predicted octanol–water partition coefficient (Wildman–Crippen LogP) is 12.3. The van der Waals surface area contributed by atoms with Gasteiger partial charge in [-0.2, -0.15) is 0 Å². The Bertz CT molecular complexity index is 2760. The summed E-state index contributed by atoms with van der Waals surface area (Å²) in [4.78, 5) is 14.8. The Balaban J connectivity index is 1.12. The Morgan fingerprint density at radius 3 is 1.61 bits per heavy atom. The van der Waals surface area contributed by atoms with Gasteiger partial charge in [0, 0.05) is 22.1 Å². The molecule has 240 valence electrons. The van der Waals surface area contributed by atoms with E-state index in [1.165, 1.54) is 54.6 Å². The van der Waals surface area contributed by atoms with E-state index in [0.29, 0.717) is 17.5 Å². The van der Waals surface area contributed by atoms with E-state index in [0.717, 1.165) is 27.8 Å². The third-order valence-corrected chi connectivity index (χ3v) is 10.7. The molecule has 1 aliphatic rings. The highest BCUT2D eigenvalue weighted by atomic mass is 15.0. The van der Waals surface area contributed by atoms with Gasteiger partial charge in [-0.15, -0.1) is 0 Å². The lowest BCUT2D eigenvalue weighted by molar-refractivity contribution is 0.666. The van der Waals surface area contributed by atoms with Gasteiger partial charge in [0.15, 0.2) is 17.5 Å². The van der Waals surface area contributed by atoms with Crippen LogP contribution < -0.4 is 0 Å². The van der Waals surface area contributed by atoms with Gasteiger partial charge in [-0.1, -0.05) is 166 Å². The van der Waals surface area contributed by atoms with Crippen LogP contribution in [0.25, 0.3) is 88.7 Å². The molecule has 0 saturated heterocycles. The highest BCUT2D eigenvalue weighted by molar-refractivity contribution is 6.23. The lowest BCUT2D eigenvalue weighted by atomic mass is 9.79. The Hall–Kier alpha value is -6.45. The largest absolute Gasteiger partial charge is 0.208 e. The number of rotatable bonds is 4. The zero-order chi connectivity index (χ0) is 34.1. The second kappa shape index (κ2) is 11.3. The third-order valence-electron chi connectivity index (χ3n) is 10.7. The second-order valence-electron chi connectivity index (χ2n) is 14.0. The van der Waals surface area contributed by atoms with E-state index in [1.54, 1.807) is 0 Å². The molecule has 0 unspecified atom stereocenters. The molecule has 0 amide bonds. The van der Waals surface area contributed by atoms with Crippen molar-refractivity contribution >= 4 is 32.3 Å². The smallest absolute Gasteiger partial charge is 0.164 e. The normalized spacial score (nSPS) is 13.1. The molecule has 3 nitrogen and oxygen atoms in total. The maximum absolute atomic E-state index is 4.98. The molecule has 0 fully saturated rings. The van der Waals surface area contributed by atoms with Crippen LogP contribution in [0.2, 0.25) is 0 Å². The van der Waals surface area contributed by atoms with Crippen LogP contribution in [-0.4, -0.2) is 15.0 Å². The molecule has 0 atom stereocenters. The number of aromatic nitrogens is 3. The molecular formula is C48H33N3. The highest BCUT2D eigenvalue weighted by Gasteiger charge is 2.37. The van der Waals surface area contributed by atoms with E-state index in [-0.39, 0.29) is 5.41 Å². The Morgan fingerprint density at radius 1 is 0.373 bits per heavy atom. The van der Waals surface area contributed by atoms with Gasteiger partial charge in [0.25, 0.3) is 0 Å². The summed E-state index contributed by atoms with van der Waals surface area (Å²) >= 11 is 0. The van der Waals surface area contributed by atoms with Crippen molar-refractivity contribution in [3.8, 4) is 56.4 Å². The first-order chi connectivity index (χ1) is 25.0. The van der Waals surface area contributed by atoms with Crippen LogP contribution in [0.5, 0.6) is 0 Å². The van der Waals surface area contributed by atoms with E-state index in [1.807, 2.05) is 60.7 Å². The average molecular weight is 652 g/mol. The molecule has 0 spiro atoms. The first kappa shape index (κ1) is 29.5. The summed E-state index contributed by atoms with van der Waals surface area (Å²) in [6, 6.07) is 58.4. The first-order valence-corrected chi connectivity index (χ1v) is 17.5. The van der Waals surface area contributed by atoms with Crippen molar-refractivity contribution in [3.05, 3.63) is 175 Å². The summed E-state index contributed by atoms with van der Waals surface area (Å²) < 4.78 is 0. The zero-order valence-electron chi connectivity index (χ0n) is 28.4. The van der Waals surface area contributed by atoms with Gasteiger partial charge in [0.1, 0.15) is 0 Å². The number of fused-ring (bicyclic) bond motifs is 9. The Morgan fingerprint density at radius 2 is 0.902 bits per heavy atom. The van der Waals surface area contributed by atoms with E-state index in [4.69, 9.17) is 15.0 Å². The lowest BCUT2D eigenvalue weighted by Gasteiger charge is -2.24. The van der Waals surface area contributed by atoms with Crippen LogP contribution >= 0.6 is 0 Å². The van der Waals surface area contributed by atoms with Crippen LogP contribution in [0.3, 0.4) is 0 Å². The molecule has 0 bridgehead atoms. The van der Waals surface area contributed by atoms with Crippen LogP contribution in [0.15, 0.2) is 164 Å². The molecular weight excluding hydrogens is 619 g/mol. The van der Waals surface area contributed by atoms with Gasteiger partial charge < -0.3 is 0 Å². The van der Waals surface area contributed by atoms with Gasteiger partial charge in [0.2, 0.25) is 0 Å². The van der Waals surface area contributed by atoms with Gasteiger partial charge >= 0.3 is 0 Å². The zero-order valence-corrected chi connectivity index (χ0v) is 28.4. The van der Waals surface area contributed by atoms with Crippen molar-refractivity contribution in [2.45, 2.75) is 19.3 Å². The summed E-state index contributed by atoms with van der Waals surface area (Å²) in [5.41, 5.74) is 10.6. The van der Waals surface area contributed by atoms with E-state index in [2.05, 4.69) is 117 Å². The number of nitrogens with zero attached hydrogens (tertiary/aromatic N) is 3. The van der Waals surface area contributed by atoms with Gasteiger partial charge in [-0.25, -0.2) is 15.0 Å². The first-order valence-electron chi connectivity index (χ1n) is 17.5. The van der Waals surface area contributed by atoms with Crippen molar-refractivity contribution in [1.82, 2.24) is 15.0 Å². The fourth-order valence-corrected chi connectivity index (χ4v) is 8.20. The SMILES string of the molecule is CC1(C)c2ccccc2-c2ccc3ccc4ccc5cc(-c6cccc(-c7nc(-c8ccccc8)nc(-c8ccccc8)n7)c6)ccc5c4c3c21. The molecule has 10 rings (SSSR count). The number of benzene rings is 8. The van der Waals surface area contributed by atoms with Gasteiger partial charge in [-0.05, 0) is 77.8 Å². The molecule has 0 radical (unpaired) electrons. The number of hydrogen-bond donors (Lipinski definition) is 0. The summed E-state index contributed by atoms with van der Waals surface area (Å²) in [5.74, 6) is 1.97. The van der Waals surface area contributed by atoms with Crippen molar-refractivity contribution in [1.29, 1.82) is 0 Å². The fraction of sp³-hybridized carbons (Fsp3) is 0.0625. The van der Waals surface area contributed by atoms with E-state index in [9.17, 15) is 0 Å². The van der Waals surface area contributed by atoms with Crippen molar-refractivity contribution in [3.63, 3.8) is 0 Å². The fourth-order valence-electron chi connectivity index (χ4n) is 8.20. The quantitative estimate of drug-likeness (QED) is 0.178. The van der Waals surface area contributed by atoms with Crippen LogP contribution in [-0.2, 0) is 5.41 Å². The van der Waals surface area contributed by atoms with Crippen molar-refractivity contribution in [2.75, 3.05) is 0 Å². The minimum absolute atomic E-state index is 0.0992. The van der Waals surface area contributed by atoms with Crippen LogP contribution in [0, 0.1) is 0 Å². The summed E-state index contributed by atoms with van der Waals surface area (Å²) in [7, 11) is 0. The molecule has 51 heavy (non-hydrogen) atoms. The molecule has 0 saturated carbocycles. The van der Waals surface area contributed by atoms with Crippen LogP contribution in [0.1, 0.15) is 25.0 Å². The minimum Gasteiger partial charge on any atom is -0.208 e. The monoisotopic (exact) mass is 651 g/mol. The molecule has 1 aliphatic carbocycles. The Labute approximate surface area is 297 Å². The third kappa shape index (κ3) is 4.69. The molecule has 0 N–H and O–H groups in total. The molecule has 8 aromatic carbocycles. The maximum Gasteiger partial charge on any atom is 0.164 e. The van der Waals surface area contributed by atoms with Crippen molar-refractivity contribution in [2.24, 2.45) is 0 Å². The molecule has 1 aromatic heterocycles. The summed E-state index contributed by atoms with van der Waals surface area (Å²) in [6.45, 7) is 4.76. The van der Waals surface area contributed by atoms with Crippen molar-refractivity contribution < 1.29 is 0 Å².